The first kappa shape index (κ1) is 31.7. The number of benzene rings is 3. The average Bonchev–Trinajstić information content (AvgIpc) is 3.34. The third kappa shape index (κ3) is 7.80. The fourth-order valence-corrected chi connectivity index (χ4v) is 6.95. The van der Waals surface area contributed by atoms with Crippen molar-refractivity contribution in [2.24, 2.45) is 5.92 Å². The number of aliphatic hydroxyl groups is 1. The third-order valence-corrected chi connectivity index (χ3v) is 9.61. The second-order valence-electron chi connectivity index (χ2n) is 11.8. The monoisotopic (exact) mass is 600 g/mol. The zero-order chi connectivity index (χ0) is 30.7. The Balaban J connectivity index is 1.39. The number of β-amino-alcohol motifs (C(OH)–C–C–N with tert-alkyl or cyclic N) is 1. The number of aliphatic hydroxyl groups excluding tert-OH is 1. The van der Waals surface area contributed by atoms with Crippen LogP contribution >= 0.6 is 0 Å². The number of nitrogens with zero attached hydrogens (tertiary/aromatic N) is 1. The van der Waals surface area contributed by atoms with Gasteiger partial charge in [0.25, 0.3) is 0 Å². The van der Waals surface area contributed by atoms with Crippen molar-refractivity contribution in [3.05, 3.63) is 89.0 Å². The van der Waals surface area contributed by atoms with Crippen molar-refractivity contribution in [1.82, 2.24) is 9.62 Å². The highest BCUT2D eigenvalue weighted by molar-refractivity contribution is 7.89. The molecule has 0 spiro atoms. The number of aliphatic carboxylic acids is 1. The predicted octanol–water partition coefficient (Wildman–Crippen LogP) is 4.80. The summed E-state index contributed by atoms with van der Waals surface area (Å²) in [6.45, 7) is 4.18. The van der Waals surface area contributed by atoms with Gasteiger partial charge in [-0.25, -0.2) is 17.2 Å². The quantitative estimate of drug-likeness (QED) is 0.260. The largest absolute Gasteiger partial charge is 0.481 e. The molecule has 0 saturated carbocycles. The van der Waals surface area contributed by atoms with Crippen molar-refractivity contribution in [2.45, 2.75) is 62.5 Å². The van der Waals surface area contributed by atoms with E-state index >= 15 is 0 Å². The van der Waals surface area contributed by atoms with Crippen LogP contribution in [0.25, 0.3) is 11.1 Å². The molecule has 0 radical (unpaired) electrons. The molecule has 0 bridgehead atoms. The molecule has 7 nitrogen and oxygen atoms in total. The lowest BCUT2D eigenvalue weighted by Crippen LogP contribution is -2.47. The number of aryl methyl sites for hydroxylation is 1. The van der Waals surface area contributed by atoms with E-state index in [-0.39, 0.29) is 53.1 Å². The van der Waals surface area contributed by atoms with E-state index in [2.05, 4.69) is 43.4 Å². The second-order valence-corrected chi connectivity index (χ2v) is 13.9. The van der Waals surface area contributed by atoms with Crippen molar-refractivity contribution in [1.29, 1.82) is 0 Å². The van der Waals surface area contributed by atoms with Crippen LogP contribution in [0.5, 0.6) is 0 Å². The van der Waals surface area contributed by atoms with Crippen molar-refractivity contribution in [3.63, 3.8) is 0 Å². The molecular weight excluding hydrogens is 562 g/mol. The van der Waals surface area contributed by atoms with Gasteiger partial charge in [-0.1, -0.05) is 36.4 Å². The van der Waals surface area contributed by atoms with Gasteiger partial charge in [0.15, 0.2) is 11.6 Å². The first-order valence-electron chi connectivity index (χ1n) is 14.0. The molecule has 0 aliphatic heterocycles. The summed E-state index contributed by atoms with van der Waals surface area (Å²) in [5.41, 5.74) is 2.76. The maximum Gasteiger partial charge on any atom is 0.303 e. The Labute approximate surface area is 246 Å². The number of hydrogen-bond acceptors (Lipinski definition) is 5. The molecule has 42 heavy (non-hydrogen) atoms. The molecule has 4 rings (SSSR count). The number of rotatable bonds is 13. The second kappa shape index (κ2) is 13.0. The molecule has 1 atom stereocenters. The standard InChI is InChI=1S/C32H38F2N2O5S/c1-32(2,18-22-13-23-7-4-5-8-24(23)14-22)35-19-26(37)20-36(3)42(40,41)27-10-6-9-25(17-27)28-15-21(11-12-30(38)39)16-29(33)31(28)34/h4-10,15-17,22,26,35,37H,11-14,18-20H2,1-3H3,(H,38,39)/t26-/m1/s1. The van der Waals surface area contributed by atoms with Crippen molar-refractivity contribution in [3.8, 4) is 11.1 Å². The summed E-state index contributed by atoms with van der Waals surface area (Å²) < 4.78 is 56.8. The topological polar surface area (TPSA) is 107 Å². The lowest BCUT2D eigenvalue weighted by Gasteiger charge is -2.31. The number of nitrogens with one attached hydrogen (secondary N) is 1. The molecule has 1 aliphatic rings. The van der Waals surface area contributed by atoms with E-state index < -0.39 is 33.7 Å². The SMILES string of the molecule is CN(C[C@H](O)CNC(C)(C)CC1Cc2ccccc2C1)S(=O)(=O)c1cccc(-c2cc(CCC(=O)O)cc(F)c2F)c1. The summed E-state index contributed by atoms with van der Waals surface area (Å²) in [7, 11) is -2.71. The average molecular weight is 601 g/mol. The molecule has 0 unspecified atom stereocenters. The Morgan fingerprint density at radius 3 is 2.38 bits per heavy atom. The molecule has 3 aromatic rings. The van der Waals surface area contributed by atoms with Crippen LogP contribution in [0.15, 0.2) is 65.6 Å². The number of fused-ring (bicyclic) bond motifs is 1. The number of carboxylic acid groups (broad SMARTS) is 1. The van der Waals surface area contributed by atoms with Crippen LogP contribution in [-0.4, -0.2) is 60.7 Å². The maximum absolute atomic E-state index is 14.7. The van der Waals surface area contributed by atoms with Gasteiger partial charge in [-0.2, -0.15) is 4.31 Å². The number of carbonyl (C=O) groups is 1. The molecule has 10 heteroatoms. The van der Waals surface area contributed by atoms with Crippen molar-refractivity contribution in [2.75, 3.05) is 20.1 Å². The Morgan fingerprint density at radius 1 is 1.07 bits per heavy atom. The zero-order valence-corrected chi connectivity index (χ0v) is 24.9. The van der Waals surface area contributed by atoms with Gasteiger partial charge in [-0.3, -0.25) is 4.79 Å². The third-order valence-electron chi connectivity index (χ3n) is 7.79. The Kier molecular flexibility index (Phi) is 9.82. The molecular formula is C32H38F2N2O5S. The lowest BCUT2D eigenvalue weighted by atomic mass is 9.88. The van der Waals surface area contributed by atoms with Crippen LogP contribution in [0.2, 0.25) is 0 Å². The highest BCUT2D eigenvalue weighted by Gasteiger charge is 2.29. The van der Waals surface area contributed by atoms with Gasteiger partial charge in [-0.15, -0.1) is 0 Å². The Bertz CT molecular complexity index is 1520. The summed E-state index contributed by atoms with van der Waals surface area (Å²) in [6.07, 6.45) is 1.71. The minimum Gasteiger partial charge on any atom is -0.481 e. The van der Waals surface area contributed by atoms with Gasteiger partial charge in [0.1, 0.15) is 0 Å². The normalized spacial score (nSPS) is 14.7. The van der Waals surface area contributed by atoms with Crippen molar-refractivity contribution >= 4 is 16.0 Å². The van der Waals surface area contributed by atoms with E-state index in [0.717, 1.165) is 29.6 Å². The molecule has 0 amide bonds. The summed E-state index contributed by atoms with van der Waals surface area (Å²) >= 11 is 0. The Morgan fingerprint density at radius 2 is 1.74 bits per heavy atom. The smallest absolute Gasteiger partial charge is 0.303 e. The van der Waals surface area contributed by atoms with Gasteiger partial charge in [0.05, 0.1) is 11.0 Å². The van der Waals surface area contributed by atoms with E-state index in [9.17, 15) is 27.1 Å². The molecule has 0 saturated heterocycles. The van der Waals surface area contributed by atoms with E-state index in [4.69, 9.17) is 5.11 Å². The van der Waals surface area contributed by atoms with Crippen LogP contribution in [-0.2, 0) is 34.1 Å². The summed E-state index contributed by atoms with van der Waals surface area (Å²) in [5.74, 6) is -2.87. The van der Waals surface area contributed by atoms with Crippen LogP contribution in [0.4, 0.5) is 8.78 Å². The summed E-state index contributed by atoms with van der Waals surface area (Å²) in [4.78, 5) is 10.8. The molecule has 0 fully saturated rings. The van der Waals surface area contributed by atoms with Gasteiger partial charge in [0, 0.05) is 37.7 Å². The molecule has 0 heterocycles. The highest BCUT2D eigenvalue weighted by Crippen LogP contribution is 2.32. The minimum atomic E-state index is -4.07. The lowest BCUT2D eigenvalue weighted by molar-refractivity contribution is -0.136. The van der Waals surface area contributed by atoms with Crippen LogP contribution < -0.4 is 5.32 Å². The van der Waals surface area contributed by atoms with E-state index in [0.29, 0.717) is 5.92 Å². The molecule has 3 N–H and O–H groups in total. The zero-order valence-electron chi connectivity index (χ0n) is 24.1. The summed E-state index contributed by atoms with van der Waals surface area (Å²) in [5, 5.41) is 23.0. The summed E-state index contributed by atoms with van der Waals surface area (Å²) in [6, 6.07) is 16.2. The van der Waals surface area contributed by atoms with Gasteiger partial charge < -0.3 is 15.5 Å². The first-order valence-corrected chi connectivity index (χ1v) is 15.5. The fraction of sp³-hybridized carbons (Fsp3) is 0.406. The number of likely N-dealkylation sites (N-methyl/N-ethyl adjacent to an activating group) is 1. The van der Waals surface area contributed by atoms with Crippen LogP contribution in [0, 0.1) is 17.6 Å². The molecule has 0 aromatic heterocycles. The predicted molar refractivity (Wildman–Crippen MR) is 158 cm³/mol. The Hall–Kier alpha value is -3.18. The van der Waals surface area contributed by atoms with E-state index in [1.807, 2.05) is 0 Å². The number of sulfonamides is 1. The number of halogens is 2. The first-order chi connectivity index (χ1) is 19.7. The van der Waals surface area contributed by atoms with E-state index in [1.54, 1.807) is 0 Å². The number of hydrogen-bond donors (Lipinski definition) is 3. The van der Waals surface area contributed by atoms with Gasteiger partial charge >= 0.3 is 5.97 Å². The highest BCUT2D eigenvalue weighted by atomic mass is 32.2. The fourth-order valence-electron chi connectivity index (χ4n) is 5.70. The van der Waals surface area contributed by atoms with Gasteiger partial charge in [-0.05, 0) is 92.0 Å². The molecule has 1 aliphatic carbocycles. The molecule has 226 valence electrons. The van der Waals surface area contributed by atoms with Gasteiger partial charge in [0.2, 0.25) is 10.0 Å². The minimum absolute atomic E-state index is 0.00268. The molecule has 3 aromatic carbocycles. The van der Waals surface area contributed by atoms with Crippen LogP contribution in [0.1, 0.15) is 43.4 Å². The van der Waals surface area contributed by atoms with E-state index in [1.165, 1.54) is 48.5 Å². The van der Waals surface area contributed by atoms with Crippen LogP contribution in [0.3, 0.4) is 0 Å². The number of carboxylic acids is 1. The van der Waals surface area contributed by atoms with Crippen molar-refractivity contribution < 1.29 is 32.2 Å². The maximum atomic E-state index is 14.7.